The molecule has 2 rings (SSSR count). The molecule has 0 bridgehead atoms. The first-order valence-corrected chi connectivity index (χ1v) is 6.82. The number of hydrogen-bond donors (Lipinski definition) is 0. The Morgan fingerprint density at radius 1 is 1.24 bits per heavy atom. The first-order chi connectivity index (χ1) is 7.78. The van der Waals surface area contributed by atoms with Crippen molar-refractivity contribution < 1.29 is 4.79 Å². The molecule has 0 aromatic heterocycles. The fourth-order valence-corrected chi connectivity index (χ4v) is 3.69. The molecule has 17 heavy (non-hydrogen) atoms. The van der Waals surface area contributed by atoms with E-state index in [9.17, 15) is 4.79 Å². The van der Waals surface area contributed by atoms with Crippen molar-refractivity contribution in [2.75, 3.05) is 13.6 Å². The van der Waals surface area contributed by atoms with E-state index in [1.54, 1.807) is 0 Å². The van der Waals surface area contributed by atoms with E-state index >= 15 is 0 Å². The van der Waals surface area contributed by atoms with Crippen LogP contribution >= 0.6 is 0 Å². The predicted octanol–water partition coefficient (Wildman–Crippen LogP) is 2.47. The lowest BCUT2D eigenvalue weighted by Crippen LogP contribution is -2.51. The van der Waals surface area contributed by atoms with Crippen LogP contribution in [0.5, 0.6) is 0 Å². The number of nitrogens with zero attached hydrogens (tertiary/aromatic N) is 2. The maximum Gasteiger partial charge on any atom is 0.243 e. The molecule has 0 radical (unpaired) electrons. The van der Waals surface area contributed by atoms with Crippen LogP contribution in [0.25, 0.3) is 0 Å². The Kier molecular flexibility index (Phi) is 3.01. The Morgan fingerprint density at radius 3 is 2.47 bits per heavy atom. The van der Waals surface area contributed by atoms with Gasteiger partial charge in [-0.15, -0.1) is 0 Å². The standard InChI is InChI=1S/C14H26N2O/c1-13(2,3)11-15(5)12(17)14(4)9-7-6-8-10-16(11)14/h11H,6-10H2,1-5H3/t11-,14-/m0/s1. The van der Waals surface area contributed by atoms with Gasteiger partial charge in [-0.05, 0) is 25.2 Å². The Morgan fingerprint density at radius 2 is 1.88 bits per heavy atom. The molecule has 0 spiro atoms. The molecule has 0 aromatic carbocycles. The summed E-state index contributed by atoms with van der Waals surface area (Å²) in [5, 5.41) is 0. The molecule has 3 nitrogen and oxygen atoms in total. The molecule has 0 aliphatic carbocycles. The topological polar surface area (TPSA) is 23.6 Å². The van der Waals surface area contributed by atoms with E-state index in [4.69, 9.17) is 0 Å². The zero-order valence-electron chi connectivity index (χ0n) is 11.9. The molecule has 3 heteroatoms. The first-order valence-electron chi connectivity index (χ1n) is 6.82. The van der Waals surface area contributed by atoms with E-state index in [-0.39, 0.29) is 17.1 Å². The van der Waals surface area contributed by atoms with Crippen LogP contribution < -0.4 is 0 Å². The number of rotatable bonds is 0. The second-order valence-electron chi connectivity index (χ2n) is 6.93. The molecule has 0 N–H and O–H groups in total. The largest absolute Gasteiger partial charge is 0.328 e. The molecule has 0 aromatic rings. The van der Waals surface area contributed by atoms with Crippen molar-refractivity contribution in [1.29, 1.82) is 0 Å². The third-order valence-electron chi connectivity index (χ3n) is 4.41. The van der Waals surface area contributed by atoms with Crippen molar-refractivity contribution in [3.63, 3.8) is 0 Å². The Balaban J connectivity index is 2.39. The van der Waals surface area contributed by atoms with Gasteiger partial charge < -0.3 is 4.90 Å². The van der Waals surface area contributed by atoms with E-state index in [2.05, 4.69) is 32.6 Å². The molecular formula is C14H26N2O. The predicted molar refractivity (Wildman–Crippen MR) is 69.6 cm³/mol. The number of carbonyl (C=O) groups is 1. The van der Waals surface area contributed by atoms with Gasteiger partial charge >= 0.3 is 0 Å². The number of hydrogen-bond acceptors (Lipinski definition) is 2. The van der Waals surface area contributed by atoms with Crippen molar-refractivity contribution in [2.45, 2.75) is 65.1 Å². The van der Waals surface area contributed by atoms with Gasteiger partial charge in [0.05, 0.1) is 11.7 Å². The highest BCUT2D eigenvalue weighted by Gasteiger charge is 2.55. The minimum absolute atomic E-state index is 0.118. The van der Waals surface area contributed by atoms with Gasteiger partial charge in [-0.3, -0.25) is 9.69 Å². The summed E-state index contributed by atoms with van der Waals surface area (Å²) in [5.74, 6) is 0.319. The summed E-state index contributed by atoms with van der Waals surface area (Å²) in [4.78, 5) is 17.0. The minimum Gasteiger partial charge on any atom is -0.328 e. The second-order valence-corrected chi connectivity index (χ2v) is 6.93. The Bertz CT molecular complexity index is 321. The lowest BCUT2D eigenvalue weighted by molar-refractivity contribution is -0.133. The smallest absolute Gasteiger partial charge is 0.243 e. The summed E-state index contributed by atoms with van der Waals surface area (Å²) in [6.45, 7) is 9.91. The van der Waals surface area contributed by atoms with Crippen LogP contribution in [0.1, 0.15) is 53.4 Å². The quantitative estimate of drug-likeness (QED) is 0.647. The van der Waals surface area contributed by atoms with Crippen LogP contribution in [0.3, 0.4) is 0 Å². The highest BCUT2D eigenvalue weighted by atomic mass is 16.2. The van der Waals surface area contributed by atoms with Crippen LogP contribution in [0.2, 0.25) is 0 Å². The highest BCUT2D eigenvalue weighted by Crippen LogP contribution is 2.42. The summed E-state index contributed by atoms with van der Waals surface area (Å²) in [6, 6.07) is 0. The molecular weight excluding hydrogens is 212 g/mol. The van der Waals surface area contributed by atoms with Crippen molar-refractivity contribution in [3.05, 3.63) is 0 Å². The molecule has 98 valence electrons. The minimum atomic E-state index is -0.247. The lowest BCUT2D eigenvalue weighted by atomic mass is 9.89. The fourth-order valence-electron chi connectivity index (χ4n) is 3.69. The average Bonchev–Trinajstić information content (AvgIpc) is 2.39. The van der Waals surface area contributed by atoms with E-state index in [0.29, 0.717) is 5.91 Å². The Hall–Kier alpha value is -0.570. The number of fused-ring (bicyclic) bond motifs is 1. The first kappa shape index (κ1) is 12.9. The average molecular weight is 238 g/mol. The summed E-state index contributed by atoms with van der Waals surface area (Å²) < 4.78 is 0. The Labute approximate surface area is 105 Å². The van der Waals surface area contributed by atoms with Gasteiger partial charge in [0.1, 0.15) is 0 Å². The van der Waals surface area contributed by atoms with Crippen molar-refractivity contribution in [1.82, 2.24) is 9.80 Å². The van der Waals surface area contributed by atoms with Crippen LogP contribution in [-0.4, -0.2) is 41.0 Å². The second kappa shape index (κ2) is 3.98. The SMILES string of the molecule is CN1C(=O)[C@]2(C)CCCCCN2[C@H]1C(C)(C)C. The summed E-state index contributed by atoms with van der Waals surface area (Å²) in [6.07, 6.45) is 4.94. The van der Waals surface area contributed by atoms with Crippen molar-refractivity contribution in [3.8, 4) is 0 Å². The van der Waals surface area contributed by atoms with Gasteiger partial charge in [0.2, 0.25) is 5.91 Å². The van der Waals surface area contributed by atoms with E-state index in [1.165, 1.54) is 19.3 Å². The fraction of sp³-hybridized carbons (Fsp3) is 0.929. The van der Waals surface area contributed by atoms with Crippen LogP contribution in [0, 0.1) is 5.41 Å². The maximum atomic E-state index is 12.6. The van der Waals surface area contributed by atoms with Crippen LogP contribution in [0.15, 0.2) is 0 Å². The molecule has 2 saturated heterocycles. The molecule has 2 fully saturated rings. The van der Waals surface area contributed by atoms with Gasteiger partial charge in [0, 0.05) is 13.6 Å². The van der Waals surface area contributed by atoms with Crippen molar-refractivity contribution in [2.24, 2.45) is 5.41 Å². The monoisotopic (exact) mass is 238 g/mol. The lowest BCUT2D eigenvalue weighted by Gasteiger charge is -2.41. The molecule has 1 amide bonds. The maximum absolute atomic E-state index is 12.6. The molecule has 0 unspecified atom stereocenters. The van der Waals surface area contributed by atoms with Gasteiger partial charge in [-0.25, -0.2) is 0 Å². The third kappa shape index (κ3) is 1.88. The van der Waals surface area contributed by atoms with E-state index < -0.39 is 0 Å². The van der Waals surface area contributed by atoms with Gasteiger partial charge in [0.15, 0.2) is 0 Å². The molecule has 2 heterocycles. The normalized spacial score (nSPS) is 35.9. The zero-order valence-corrected chi connectivity index (χ0v) is 11.9. The van der Waals surface area contributed by atoms with Crippen molar-refractivity contribution >= 4 is 5.91 Å². The molecule has 2 atom stereocenters. The molecule has 2 aliphatic heterocycles. The van der Waals surface area contributed by atoms with E-state index in [1.807, 2.05) is 11.9 Å². The van der Waals surface area contributed by atoms with Gasteiger partial charge in [-0.1, -0.05) is 33.6 Å². The number of amides is 1. The zero-order chi connectivity index (χ0) is 12.8. The van der Waals surface area contributed by atoms with E-state index in [0.717, 1.165) is 13.0 Å². The summed E-state index contributed by atoms with van der Waals surface area (Å²) in [7, 11) is 1.97. The van der Waals surface area contributed by atoms with Gasteiger partial charge in [0.25, 0.3) is 0 Å². The van der Waals surface area contributed by atoms with Crippen LogP contribution in [-0.2, 0) is 4.79 Å². The summed E-state index contributed by atoms with van der Waals surface area (Å²) >= 11 is 0. The van der Waals surface area contributed by atoms with Crippen LogP contribution in [0.4, 0.5) is 0 Å². The molecule has 2 aliphatic rings. The number of carbonyl (C=O) groups excluding carboxylic acids is 1. The number of likely N-dealkylation sites (N-methyl/N-ethyl adjacent to an activating group) is 1. The third-order valence-corrected chi connectivity index (χ3v) is 4.41. The highest BCUT2D eigenvalue weighted by molar-refractivity contribution is 5.88. The van der Waals surface area contributed by atoms with Gasteiger partial charge in [-0.2, -0.15) is 0 Å². The molecule has 0 saturated carbocycles. The summed E-state index contributed by atoms with van der Waals surface area (Å²) in [5.41, 5.74) is -0.129.